The van der Waals surface area contributed by atoms with E-state index >= 15 is 0 Å². The number of aromatic carboxylic acids is 1. The molecule has 0 saturated heterocycles. The summed E-state index contributed by atoms with van der Waals surface area (Å²) in [7, 11) is 0. The van der Waals surface area contributed by atoms with E-state index in [-0.39, 0.29) is 5.56 Å². The molecule has 91 valence electrons. The molecule has 17 heavy (non-hydrogen) atoms. The molecule has 0 N–H and O–H groups in total. The molecule has 1 aromatic rings. The molecule has 0 aliphatic carbocycles. The second kappa shape index (κ2) is 3.31. The number of hydrogen-bond acceptors (Lipinski definition) is 3. The van der Waals surface area contributed by atoms with E-state index in [0.717, 1.165) is 16.2 Å². The van der Waals surface area contributed by atoms with E-state index in [0.29, 0.717) is 0 Å². The summed E-state index contributed by atoms with van der Waals surface area (Å²) in [5.74, 6) is -1.22. The van der Waals surface area contributed by atoms with Crippen molar-refractivity contribution in [1.29, 1.82) is 0 Å². The van der Waals surface area contributed by atoms with Crippen molar-refractivity contribution in [3.8, 4) is 0 Å². The van der Waals surface area contributed by atoms with Gasteiger partial charge in [0, 0.05) is 0 Å². The minimum Gasteiger partial charge on any atom is -0.545 e. The van der Waals surface area contributed by atoms with Crippen molar-refractivity contribution in [2.45, 2.75) is 38.8 Å². The Morgan fingerprint density at radius 1 is 1.12 bits per heavy atom. The molecule has 1 aromatic carbocycles. The Labute approximate surface area is 100 Å². The van der Waals surface area contributed by atoms with Crippen LogP contribution in [-0.4, -0.2) is 11.0 Å². The van der Waals surface area contributed by atoms with E-state index in [9.17, 15) is 15.1 Å². The van der Waals surface area contributed by atoms with Crippen LogP contribution in [-0.2, 0) is 16.3 Å². The molecule has 0 unspecified atom stereocenters. The molecule has 0 fully saturated rings. The molecular weight excluding hydrogens is 218 g/mol. The summed E-state index contributed by atoms with van der Waals surface area (Å²) in [4.78, 5) is 10.9. The molecule has 0 aromatic heterocycles. The molecular formula is C13H15NO3-. The topological polar surface area (TPSA) is 63.3 Å². The van der Waals surface area contributed by atoms with Gasteiger partial charge in [0.25, 0.3) is 0 Å². The van der Waals surface area contributed by atoms with E-state index in [2.05, 4.69) is 0 Å². The van der Waals surface area contributed by atoms with Crippen molar-refractivity contribution in [1.82, 2.24) is 5.06 Å². The summed E-state index contributed by atoms with van der Waals surface area (Å²) in [6.45, 7) is 7.28. The summed E-state index contributed by atoms with van der Waals surface area (Å²) >= 11 is 0. The first-order valence-electron chi connectivity index (χ1n) is 5.53. The molecule has 0 amide bonds. The zero-order chi connectivity index (χ0) is 13.0. The molecule has 1 radical (unpaired) electrons. The summed E-state index contributed by atoms with van der Waals surface area (Å²) in [6, 6.07) is 4.75. The Morgan fingerprint density at radius 3 is 2.18 bits per heavy atom. The monoisotopic (exact) mass is 233 g/mol. The highest BCUT2D eigenvalue weighted by Gasteiger charge is 2.49. The zero-order valence-corrected chi connectivity index (χ0v) is 10.4. The Morgan fingerprint density at radius 2 is 1.65 bits per heavy atom. The number of benzene rings is 1. The number of carboxylic acid groups (broad SMARTS) is 1. The number of carboxylic acids is 1. The fourth-order valence-corrected chi connectivity index (χ4v) is 2.63. The lowest BCUT2D eigenvalue weighted by Gasteiger charge is -2.32. The van der Waals surface area contributed by atoms with Gasteiger partial charge in [-0.1, -0.05) is 12.1 Å². The van der Waals surface area contributed by atoms with Crippen LogP contribution in [0.4, 0.5) is 0 Å². The first-order valence-corrected chi connectivity index (χ1v) is 5.53. The fraction of sp³-hybridized carbons (Fsp3) is 0.462. The Bertz CT molecular complexity index is 491. The van der Waals surface area contributed by atoms with Gasteiger partial charge >= 0.3 is 0 Å². The molecule has 0 bridgehead atoms. The summed E-state index contributed by atoms with van der Waals surface area (Å²) in [5.41, 5.74) is 0.401. The summed E-state index contributed by atoms with van der Waals surface area (Å²) in [5, 5.41) is 24.1. The maximum Gasteiger partial charge on any atom is 0.0715 e. The number of hydroxylamine groups is 2. The molecule has 1 aliphatic rings. The quantitative estimate of drug-likeness (QED) is 0.731. The van der Waals surface area contributed by atoms with Gasteiger partial charge in [-0.3, -0.25) is 0 Å². The van der Waals surface area contributed by atoms with E-state index in [4.69, 9.17) is 0 Å². The molecule has 4 heteroatoms. The number of carbonyl (C=O) groups is 1. The number of nitrogens with zero attached hydrogens (tertiary/aromatic N) is 1. The molecule has 1 aliphatic heterocycles. The van der Waals surface area contributed by atoms with Crippen LogP contribution in [0.2, 0.25) is 0 Å². The maximum atomic E-state index is 12.2. The summed E-state index contributed by atoms with van der Waals surface area (Å²) in [6.07, 6.45) is 0. The van der Waals surface area contributed by atoms with E-state index in [1.807, 2.05) is 13.8 Å². The van der Waals surface area contributed by atoms with Gasteiger partial charge in [-0.2, -0.15) is 0 Å². The third kappa shape index (κ3) is 1.48. The van der Waals surface area contributed by atoms with Crippen LogP contribution in [0.25, 0.3) is 0 Å². The van der Waals surface area contributed by atoms with Gasteiger partial charge in [-0.05, 0) is 50.5 Å². The third-order valence-corrected chi connectivity index (χ3v) is 3.59. The van der Waals surface area contributed by atoms with Crippen LogP contribution in [0.5, 0.6) is 0 Å². The van der Waals surface area contributed by atoms with E-state index in [1.54, 1.807) is 26.0 Å². The van der Waals surface area contributed by atoms with Crippen LogP contribution in [0.3, 0.4) is 0 Å². The average molecular weight is 233 g/mol. The Kier molecular flexibility index (Phi) is 2.35. The molecule has 0 atom stereocenters. The second-order valence-electron chi connectivity index (χ2n) is 5.46. The minimum atomic E-state index is -1.22. The number of fused-ring (bicyclic) bond motifs is 1. The molecule has 4 nitrogen and oxygen atoms in total. The first-order chi connectivity index (χ1) is 7.69. The first kappa shape index (κ1) is 12.1. The van der Waals surface area contributed by atoms with Gasteiger partial charge in [-0.15, -0.1) is 10.3 Å². The van der Waals surface area contributed by atoms with Crippen LogP contribution in [0, 0.1) is 0 Å². The number of rotatable bonds is 1. The van der Waals surface area contributed by atoms with Crippen LogP contribution in [0.1, 0.15) is 49.2 Å². The normalized spacial score (nSPS) is 21.2. The van der Waals surface area contributed by atoms with Gasteiger partial charge < -0.3 is 9.90 Å². The SMILES string of the molecule is CC1(C)c2ccc(C(=O)[O-])cc2C(C)(C)N1[O]. The molecule has 1 heterocycles. The highest BCUT2D eigenvalue weighted by molar-refractivity contribution is 5.86. The van der Waals surface area contributed by atoms with Gasteiger partial charge in [-0.25, -0.2) is 0 Å². The van der Waals surface area contributed by atoms with Crippen molar-refractivity contribution in [3.05, 3.63) is 34.9 Å². The van der Waals surface area contributed by atoms with Gasteiger partial charge in [0.1, 0.15) is 0 Å². The minimum absolute atomic E-state index is 0.114. The standard InChI is InChI=1S/C13H16NO3/c1-12(2)9-6-5-8(11(15)16)7-10(9)13(3,4)14(12)17/h5-7H,1-4H3,(H,15,16)/p-1. The van der Waals surface area contributed by atoms with Crippen molar-refractivity contribution in [3.63, 3.8) is 0 Å². The molecule has 0 spiro atoms. The summed E-state index contributed by atoms with van der Waals surface area (Å²) < 4.78 is 0. The number of carbonyl (C=O) groups excluding carboxylic acids is 1. The lowest BCUT2D eigenvalue weighted by Crippen LogP contribution is -2.41. The van der Waals surface area contributed by atoms with Crippen LogP contribution < -0.4 is 5.11 Å². The zero-order valence-electron chi connectivity index (χ0n) is 10.4. The Hall–Kier alpha value is -1.39. The van der Waals surface area contributed by atoms with E-state index in [1.165, 1.54) is 6.07 Å². The second-order valence-corrected chi connectivity index (χ2v) is 5.46. The lowest BCUT2D eigenvalue weighted by atomic mass is 9.89. The van der Waals surface area contributed by atoms with Gasteiger partial charge in [0.05, 0.1) is 17.0 Å². The largest absolute Gasteiger partial charge is 0.545 e. The van der Waals surface area contributed by atoms with Gasteiger partial charge in [0.15, 0.2) is 0 Å². The predicted octanol–water partition coefficient (Wildman–Crippen LogP) is 1.18. The van der Waals surface area contributed by atoms with Crippen molar-refractivity contribution >= 4 is 5.97 Å². The van der Waals surface area contributed by atoms with Gasteiger partial charge in [0.2, 0.25) is 0 Å². The molecule has 0 saturated carbocycles. The van der Waals surface area contributed by atoms with Crippen molar-refractivity contribution in [2.24, 2.45) is 0 Å². The number of hydrogen-bond donors (Lipinski definition) is 0. The smallest absolute Gasteiger partial charge is 0.0715 e. The van der Waals surface area contributed by atoms with E-state index < -0.39 is 17.0 Å². The van der Waals surface area contributed by atoms with Crippen molar-refractivity contribution in [2.75, 3.05) is 0 Å². The maximum absolute atomic E-state index is 12.2. The average Bonchev–Trinajstić information content (AvgIpc) is 2.38. The molecule has 2 rings (SSSR count). The van der Waals surface area contributed by atoms with Crippen molar-refractivity contribution < 1.29 is 15.1 Å². The highest BCUT2D eigenvalue weighted by Crippen LogP contribution is 2.48. The third-order valence-electron chi connectivity index (χ3n) is 3.59. The fourth-order valence-electron chi connectivity index (χ4n) is 2.63. The Balaban J connectivity index is 2.68. The predicted molar refractivity (Wildman–Crippen MR) is 59.4 cm³/mol. The van der Waals surface area contributed by atoms with Crippen LogP contribution in [0.15, 0.2) is 18.2 Å². The van der Waals surface area contributed by atoms with Crippen LogP contribution >= 0.6 is 0 Å². The highest BCUT2D eigenvalue weighted by atomic mass is 16.5. The lowest BCUT2D eigenvalue weighted by molar-refractivity contribution is -0.266.